The van der Waals surface area contributed by atoms with Gasteiger partial charge in [0, 0.05) is 0 Å². The molecule has 0 aliphatic carbocycles. The van der Waals surface area contributed by atoms with Crippen molar-refractivity contribution < 1.29 is 24.5 Å². The molecule has 0 aromatic heterocycles. The third kappa shape index (κ3) is 2.47. The smallest absolute Gasteiger partial charge is 0.411 e. The number of aromatic hydroxyl groups is 1. The molecule has 1 aromatic rings. The van der Waals surface area contributed by atoms with E-state index in [4.69, 9.17) is 14.9 Å². The number of phenolic OH excluding ortho intramolecular Hbond substituents is 1. The summed E-state index contributed by atoms with van der Waals surface area (Å²) in [5.41, 5.74) is 0.726. The molecule has 1 saturated heterocycles. The fraction of sp³-hybridized carbons (Fsp3) is 0.273. The van der Waals surface area contributed by atoms with Gasteiger partial charge in [-0.1, -0.05) is 12.1 Å². The highest BCUT2D eigenvalue weighted by Gasteiger charge is 2.33. The van der Waals surface area contributed by atoms with Gasteiger partial charge in [0.1, 0.15) is 18.4 Å². The topological polar surface area (TPSA) is 87.1 Å². The number of amides is 1. The summed E-state index contributed by atoms with van der Waals surface area (Å²) in [6.45, 7) is -0.163. The lowest BCUT2D eigenvalue weighted by Gasteiger charge is -2.09. The van der Waals surface area contributed by atoms with Gasteiger partial charge in [0.05, 0.1) is 6.54 Å². The van der Waals surface area contributed by atoms with E-state index < -0.39 is 18.2 Å². The van der Waals surface area contributed by atoms with E-state index >= 15 is 0 Å². The quantitative estimate of drug-likeness (QED) is 0.817. The summed E-state index contributed by atoms with van der Waals surface area (Å²) in [6, 6.07) is 6.25. The number of ether oxygens (including phenoxy) is 1. The zero-order valence-electron chi connectivity index (χ0n) is 8.87. The monoisotopic (exact) mass is 237 g/mol. The number of rotatable bonds is 3. The molecular formula is C11H11NO5. The Morgan fingerprint density at radius 2 is 2.06 bits per heavy atom. The average Bonchev–Trinajstić information content (AvgIpc) is 2.60. The molecule has 1 aromatic carbocycles. The Kier molecular flexibility index (Phi) is 2.86. The zero-order valence-corrected chi connectivity index (χ0v) is 8.87. The second-order valence-electron chi connectivity index (χ2n) is 3.74. The van der Waals surface area contributed by atoms with Crippen LogP contribution in [0.15, 0.2) is 24.3 Å². The Morgan fingerprint density at radius 3 is 2.65 bits per heavy atom. The van der Waals surface area contributed by atoms with Gasteiger partial charge in [-0.3, -0.25) is 9.69 Å². The van der Waals surface area contributed by atoms with Gasteiger partial charge in [0.2, 0.25) is 0 Å². The molecule has 1 heterocycles. The second-order valence-corrected chi connectivity index (χ2v) is 3.74. The van der Waals surface area contributed by atoms with Crippen LogP contribution in [0.1, 0.15) is 11.7 Å². The predicted molar refractivity (Wildman–Crippen MR) is 56.5 cm³/mol. The highest BCUT2D eigenvalue weighted by Crippen LogP contribution is 2.26. The van der Waals surface area contributed by atoms with E-state index in [1.807, 2.05) is 0 Å². The minimum absolute atomic E-state index is 0.125. The van der Waals surface area contributed by atoms with E-state index in [2.05, 4.69) is 0 Å². The number of carboxylic acid groups (broad SMARTS) is 1. The molecule has 0 saturated carbocycles. The van der Waals surface area contributed by atoms with Gasteiger partial charge >= 0.3 is 12.1 Å². The third-order valence-electron chi connectivity index (χ3n) is 2.48. The Labute approximate surface area is 97.0 Å². The number of carbonyl (C=O) groups excluding carboxylic acids is 1. The Hall–Kier alpha value is -2.24. The average molecular weight is 237 g/mol. The number of cyclic esters (lactones) is 1. The van der Waals surface area contributed by atoms with Gasteiger partial charge in [0.15, 0.2) is 0 Å². The maximum Gasteiger partial charge on any atom is 0.411 e. The molecule has 0 radical (unpaired) electrons. The highest BCUT2D eigenvalue weighted by molar-refractivity contribution is 5.78. The first kappa shape index (κ1) is 11.3. The molecule has 17 heavy (non-hydrogen) atoms. The summed E-state index contributed by atoms with van der Waals surface area (Å²) in [4.78, 5) is 23.0. The molecule has 1 aliphatic rings. The number of aliphatic carboxylic acids is 1. The van der Waals surface area contributed by atoms with Crippen LogP contribution in [0.25, 0.3) is 0 Å². The number of benzene rings is 1. The van der Waals surface area contributed by atoms with Crippen molar-refractivity contribution in [3.8, 4) is 5.75 Å². The summed E-state index contributed by atoms with van der Waals surface area (Å²) in [5, 5.41) is 17.7. The first-order valence-corrected chi connectivity index (χ1v) is 5.02. The van der Waals surface area contributed by atoms with Gasteiger partial charge < -0.3 is 14.9 Å². The van der Waals surface area contributed by atoms with Gasteiger partial charge in [-0.05, 0) is 17.7 Å². The van der Waals surface area contributed by atoms with Gasteiger partial charge in [0.25, 0.3) is 0 Å². The van der Waals surface area contributed by atoms with Crippen molar-refractivity contribution in [2.75, 3.05) is 13.1 Å². The van der Waals surface area contributed by atoms with Gasteiger partial charge in [-0.25, -0.2) is 4.79 Å². The van der Waals surface area contributed by atoms with Crippen LogP contribution < -0.4 is 0 Å². The van der Waals surface area contributed by atoms with E-state index in [0.29, 0.717) is 0 Å². The third-order valence-corrected chi connectivity index (χ3v) is 2.48. The molecule has 0 bridgehead atoms. The molecule has 1 amide bonds. The summed E-state index contributed by atoms with van der Waals surface area (Å²) in [6.07, 6.45) is -1.12. The van der Waals surface area contributed by atoms with Crippen LogP contribution in [0.3, 0.4) is 0 Å². The van der Waals surface area contributed by atoms with E-state index in [1.165, 1.54) is 12.1 Å². The van der Waals surface area contributed by atoms with Crippen molar-refractivity contribution >= 4 is 12.1 Å². The van der Waals surface area contributed by atoms with Crippen LogP contribution in [0, 0.1) is 0 Å². The lowest BCUT2D eigenvalue weighted by atomic mass is 10.1. The minimum atomic E-state index is -1.08. The number of hydrogen-bond acceptors (Lipinski definition) is 4. The van der Waals surface area contributed by atoms with Crippen LogP contribution in [0.5, 0.6) is 5.75 Å². The first-order valence-electron chi connectivity index (χ1n) is 5.02. The molecule has 0 spiro atoms. The summed E-state index contributed by atoms with van der Waals surface area (Å²) < 4.78 is 5.04. The molecule has 90 valence electrons. The normalized spacial score (nSPS) is 19.2. The number of carbonyl (C=O) groups is 2. The van der Waals surface area contributed by atoms with Crippen LogP contribution in [-0.2, 0) is 9.53 Å². The van der Waals surface area contributed by atoms with Crippen LogP contribution in [0.4, 0.5) is 4.79 Å². The van der Waals surface area contributed by atoms with E-state index in [-0.39, 0.29) is 18.8 Å². The standard InChI is InChI=1S/C11H11NO5/c13-8-3-1-7(2-4-8)9-5-12(6-10(14)15)11(16)17-9/h1-4,9,13H,5-6H2,(H,14,15). The fourth-order valence-electron chi connectivity index (χ4n) is 1.66. The van der Waals surface area contributed by atoms with Crippen molar-refractivity contribution in [1.82, 2.24) is 4.90 Å². The predicted octanol–water partition coefficient (Wildman–Crippen LogP) is 0.970. The van der Waals surface area contributed by atoms with Gasteiger partial charge in [-0.15, -0.1) is 0 Å². The van der Waals surface area contributed by atoms with E-state index in [9.17, 15) is 9.59 Å². The number of phenols is 1. The maximum atomic E-state index is 11.4. The molecule has 1 aliphatic heterocycles. The zero-order chi connectivity index (χ0) is 12.4. The summed E-state index contributed by atoms with van der Waals surface area (Å²) in [7, 11) is 0. The highest BCUT2D eigenvalue weighted by atomic mass is 16.6. The van der Waals surface area contributed by atoms with E-state index in [0.717, 1.165) is 10.5 Å². The summed E-state index contributed by atoms with van der Waals surface area (Å²) in [5.74, 6) is -0.950. The number of carboxylic acids is 1. The molecule has 2 rings (SSSR count). The fourth-order valence-corrected chi connectivity index (χ4v) is 1.66. The van der Waals surface area contributed by atoms with E-state index in [1.54, 1.807) is 12.1 Å². The Balaban J connectivity index is 2.08. The van der Waals surface area contributed by atoms with Crippen molar-refractivity contribution in [2.45, 2.75) is 6.10 Å². The van der Waals surface area contributed by atoms with Crippen LogP contribution in [0.2, 0.25) is 0 Å². The Morgan fingerprint density at radius 1 is 1.41 bits per heavy atom. The maximum absolute atomic E-state index is 11.4. The molecule has 2 N–H and O–H groups in total. The van der Waals surface area contributed by atoms with Crippen molar-refractivity contribution in [1.29, 1.82) is 0 Å². The molecule has 6 nitrogen and oxygen atoms in total. The first-order chi connectivity index (χ1) is 8.06. The lowest BCUT2D eigenvalue weighted by Crippen LogP contribution is -2.30. The number of hydrogen-bond donors (Lipinski definition) is 2. The lowest BCUT2D eigenvalue weighted by molar-refractivity contribution is -0.137. The van der Waals surface area contributed by atoms with Crippen LogP contribution >= 0.6 is 0 Å². The second kappa shape index (κ2) is 4.32. The van der Waals surface area contributed by atoms with Crippen LogP contribution in [-0.4, -0.2) is 40.3 Å². The minimum Gasteiger partial charge on any atom is -0.508 e. The SMILES string of the molecule is O=C(O)CN1CC(c2ccc(O)cc2)OC1=O. The molecule has 1 fully saturated rings. The molecular weight excluding hydrogens is 226 g/mol. The largest absolute Gasteiger partial charge is 0.508 e. The molecule has 1 unspecified atom stereocenters. The summed E-state index contributed by atoms with van der Waals surface area (Å²) >= 11 is 0. The van der Waals surface area contributed by atoms with Crippen molar-refractivity contribution in [2.24, 2.45) is 0 Å². The Bertz CT molecular complexity index is 442. The van der Waals surface area contributed by atoms with Crippen molar-refractivity contribution in [3.63, 3.8) is 0 Å². The molecule has 1 atom stereocenters. The number of nitrogens with zero attached hydrogens (tertiary/aromatic N) is 1. The molecule has 6 heteroatoms. The van der Waals surface area contributed by atoms with Crippen molar-refractivity contribution in [3.05, 3.63) is 29.8 Å². The van der Waals surface area contributed by atoms with Gasteiger partial charge in [-0.2, -0.15) is 0 Å².